The van der Waals surface area contributed by atoms with Crippen LogP contribution in [0.4, 0.5) is 10.1 Å². The fourth-order valence-corrected chi connectivity index (χ4v) is 1.87. The highest BCUT2D eigenvalue weighted by molar-refractivity contribution is 5.95. The molecule has 4 heteroatoms. The summed E-state index contributed by atoms with van der Waals surface area (Å²) >= 11 is 0. The second-order valence-electron chi connectivity index (χ2n) is 4.74. The van der Waals surface area contributed by atoms with Crippen molar-refractivity contribution < 1.29 is 9.18 Å². The van der Waals surface area contributed by atoms with E-state index < -0.39 is 5.82 Å². The van der Waals surface area contributed by atoms with E-state index in [0.717, 1.165) is 38.8 Å². The fraction of sp³-hybridized carbons (Fsp3) is 0.533. The van der Waals surface area contributed by atoms with E-state index in [1.165, 1.54) is 18.2 Å². The van der Waals surface area contributed by atoms with E-state index in [1.807, 2.05) is 4.90 Å². The van der Waals surface area contributed by atoms with Gasteiger partial charge in [-0.15, -0.1) is 0 Å². The topological polar surface area (TPSA) is 46.3 Å². The Balaban J connectivity index is 2.81. The first-order valence-electron chi connectivity index (χ1n) is 6.94. The molecule has 0 saturated heterocycles. The van der Waals surface area contributed by atoms with E-state index in [1.54, 1.807) is 0 Å². The number of halogens is 1. The van der Waals surface area contributed by atoms with Gasteiger partial charge in [0, 0.05) is 18.7 Å². The van der Waals surface area contributed by atoms with E-state index in [9.17, 15) is 9.18 Å². The van der Waals surface area contributed by atoms with Crippen LogP contribution in [-0.2, 0) is 0 Å². The van der Waals surface area contributed by atoms with Crippen LogP contribution < -0.4 is 5.73 Å². The van der Waals surface area contributed by atoms with Crippen LogP contribution in [-0.4, -0.2) is 23.9 Å². The summed E-state index contributed by atoms with van der Waals surface area (Å²) < 4.78 is 13.1. The average molecular weight is 266 g/mol. The van der Waals surface area contributed by atoms with Gasteiger partial charge in [0.1, 0.15) is 5.82 Å². The van der Waals surface area contributed by atoms with Crippen LogP contribution in [0.25, 0.3) is 0 Å². The van der Waals surface area contributed by atoms with Crippen molar-refractivity contribution in [1.29, 1.82) is 0 Å². The number of carbonyl (C=O) groups excluding carboxylic acids is 1. The smallest absolute Gasteiger partial charge is 0.253 e. The van der Waals surface area contributed by atoms with Crippen LogP contribution in [0.15, 0.2) is 18.2 Å². The molecule has 1 aromatic carbocycles. The Hall–Kier alpha value is -1.58. The van der Waals surface area contributed by atoms with Gasteiger partial charge in [0.2, 0.25) is 0 Å². The summed E-state index contributed by atoms with van der Waals surface area (Å²) in [7, 11) is 0. The Labute approximate surface area is 114 Å². The van der Waals surface area contributed by atoms with Crippen molar-refractivity contribution in [2.45, 2.75) is 39.5 Å². The Bertz CT molecular complexity index is 413. The number of amides is 1. The van der Waals surface area contributed by atoms with Gasteiger partial charge in [0.25, 0.3) is 5.91 Å². The molecule has 2 N–H and O–H groups in total. The molecule has 3 nitrogen and oxygen atoms in total. The van der Waals surface area contributed by atoms with E-state index in [2.05, 4.69) is 13.8 Å². The van der Waals surface area contributed by atoms with Gasteiger partial charge < -0.3 is 10.6 Å². The molecule has 0 aliphatic carbocycles. The largest absolute Gasteiger partial charge is 0.396 e. The maximum Gasteiger partial charge on any atom is 0.253 e. The third-order valence-corrected chi connectivity index (χ3v) is 3.09. The maximum absolute atomic E-state index is 13.1. The van der Waals surface area contributed by atoms with Gasteiger partial charge in [-0.3, -0.25) is 4.79 Å². The maximum atomic E-state index is 13.1. The first-order valence-corrected chi connectivity index (χ1v) is 6.94. The first-order chi connectivity index (χ1) is 9.10. The molecule has 0 spiro atoms. The third-order valence-electron chi connectivity index (χ3n) is 3.09. The zero-order chi connectivity index (χ0) is 14.3. The molecular weight excluding hydrogens is 243 g/mol. The number of anilines is 1. The predicted molar refractivity (Wildman–Crippen MR) is 76.5 cm³/mol. The van der Waals surface area contributed by atoms with Gasteiger partial charge in [-0.05, 0) is 31.0 Å². The Morgan fingerprint density at radius 3 is 2.26 bits per heavy atom. The van der Waals surface area contributed by atoms with Gasteiger partial charge in [-0.25, -0.2) is 4.39 Å². The minimum atomic E-state index is -0.481. The summed E-state index contributed by atoms with van der Waals surface area (Å²) in [6.07, 6.45) is 4.04. The van der Waals surface area contributed by atoms with Crippen LogP contribution in [0.2, 0.25) is 0 Å². The number of unbranched alkanes of at least 4 members (excludes halogenated alkanes) is 2. The van der Waals surface area contributed by atoms with Crippen LogP contribution in [0.3, 0.4) is 0 Å². The predicted octanol–water partition coefficient (Wildman–Crippen LogP) is 3.45. The molecule has 0 aliphatic rings. The lowest BCUT2D eigenvalue weighted by molar-refractivity contribution is 0.0751. The molecule has 0 bridgehead atoms. The molecule has 0 atom stereocenters. The molecule has 106 valence electrons. The van der Waals surface area contributed by atoms with E-state index in [4.69, 9.17) is 5.73 Å². The molecule has 19 heavy (non-hydrogen) atoms. The highest BCUT2D eigenvalue weighted by atomic mass is 19.1. The standard InChI is InChI=1S/C15H23FN2O/c1-3-5-9-18(10-6-4-2)15(19)12-7-8-13(16)14(17)11-12/h7-8,11H,3-6,9-10,17H2,1-2H3. The summed E-state index contributed by atoms with van der Waals surface area (Å²) in [6.45, 7) is 5.68. The van der Waals surface area contributed by atoms with E-state index in [0.29, 0.717) is 5.56 Å². The summed E-state index contributed by atoms with van der Waals surface area (Å²) in [6, 6.07) is 4.17. The number of nitrogens with two attached hydrogens (primary N) is 1. The van der Waals surface area contributed by atoms with Crippen LogP contribution in [0.5, 0.6) is 0 Å². The minimum absolute atomic E-state index is 0.0248. The lowest BCUT2D eigenvalue weighted by Crippen LogP contribution is -2.33. The van der Waals surface area contributed by atoms with Gasteiger partial charge >= 0.3 is 0 Å². The van der Waals surface area contributed by atoms with Crippen molar-refractivity contribution in [2.75, 3.05) is 18.8 Å². The molecule has 0 fully saturated rings. The van der Waals surface area contributed by atoms with Crippen LogP contribution >= 0.6 is 0 Å². The molecule has 0 radical (unpaired) electrons. The number of benzene rings is 1. The molecule has 1 amide bonds. The van der Waals surface area contributed by atoms with Crippen molar-refractivity contribution in [1.82, 2.24) is 4.90 Å². The second-order valence-corrected chi connectivity index (χ2v) is 4.74. The van der Waals surface area contributed by atoms with Crippen LogP contribution in [0, 0.1) is 5.82 Å². The van der Waals surface area contributed by atoms with Crippen molar-refractivity contribution in [3.8, 4) is 0 Å². The highest BCUT2D eigenvalue weighted by Crippen LogP contribution is 2.15. The Kier molecular flexibility index (Phi) is 6.33. The van der Waals surface area contributed by atoms with Gasteiger partial charge in [0.15, 0.2) is 0 Å². The number of hydrogen-bond acceptors (Lipinski definition) is 2. The zero-order valence-electron chi connectivity index (χ0n) is 11.8. The number of nitrogen functional groups attached to an aromatic ring is 1. The molecule has 0 aliphatic heterocycles. The Morgan fingerprint density at radius 2 is 1.79 bits per heavy atom. The van der Waals surface area contributed by atoms with Gasteiger partial charge in [0.05, 0.1) is 5.69 Å². The molecular formula is C15H23FN2O. The highest BCUT2D eigenvalue weighted by Gasteiger charge is 2.15. The molecule has 1 rings (SSSR count). The molecule has 0 aromatic heterocycles. The molecule has 0 heterocycles. The van der Waals surface area contributed by atoms with E-state index in [-0.39, 0.29) is 11.6 Å². The summed E-state index contributed by atoms with van der Waals surface area (Å²) in [5.41, 5.74) is 6.00. The number of nitrogens with zero attached hydrogens (tertiary/aromatic N) is 1. The van der Waals surface area contributed by atoms with Crippen LogP contribution in [0.1, 0.15) is 49.9 Å². The fourth-order valence-electron chi connectivity index (χ4n) is 1.87. The first kappa shape index (κ1) is 15.5. The quantitative estimate of drug-likeness (QED) is 0.768. The number of hydrogen-bond donors (Lipinski definition) is 1. The lowest BCUT2D eigenvalue weighted by Gasteiger charge is -2.22. The summed E-state index contributed by atoms with van der Waals surface area (Å²) in [4.78, 5) is 14.2. The Morgan fingerprint density at radius 1 is 1.21 bits per heavy atom. The second kappa shape index (κ2) is 7.77. The lowest BCUT2D eigenvalue weighted by atomic mass is 10.1. The number of carbonyl (C=O) groups is 1. The number of rotatable bonds is 7. The molecule has 0 saturated carbocycles. The third kappa shape index (κ3) is 4.54. The van der Waals surface area contributed by atoms with Crippen molar-refractivity contribution in [2.24, 2.45) is 0 Å². The molecule has 1 aromatic rings. The van der Waals surface area contributed by atoms with Crippen molar-refractivity contribution in [3.05, 3.63) is 29.6 Å². The normalized spacial score (nSPS) is 10.5. The monoisotopic (exact) mass is 266 g/mol. The van der Waals surface area contributed by atoms with Crippen molar-refractivity contribution >= 4 is 11.6 Å². The van der Waals surface area contributed by atoms with Gasteiger partial charge in [-0.2, -0.15) is 0 Å². The zero-order valence-corrected chi connectivity index (χ0v) is 11.8. The minimum Gasteiger partial charge on any atom is -0.396 e. The van der Waals surface area contributed by atoms with E-state index >= 15 is 0 Å². The average Bonchev–Trinajstić information content (AvgIpc) is 2.41. The van der Waals surface area contributed by atoms with Crippen molar-refractivity contribution in [3.63, 3.8) is 0 Å². The molecule has 0 unspecified atom stereocenters. The summed E-state index contributed by atoms with van der Waals surface area (Å²) in [5, 5.41) is 0. The summed E-state index contributed by atoms with van der Waals surface area (Å²) in [5.74, 6) is -0.543. The van der Waals surface area contributed by atoms with Gasteiger partial charge in [-0.1, -0.05) is 26.7 Å². The SMILES string of the molecule is CCCCN(CCCC)C(=O)c1ccc(F)c(N)c1.